The van der Waals surface area contributed by atoms with Gasteiger partial charge in [-0.25, -0.2) is 0 Å². The molecule has 4 aromatic rings. The Morgan fingerprint density at radius 1 is 0.906 bits per heavy atom. The zero-order valence-electron chi connectivity index (χ0n) is 17.5. The zero-order valence-corrected chi connectivity index (χ0v) is 18.3. The van der Waals surface area contributed by atoms with Crippen LogP contribution in [0.1, 0.15) is 27.8 Å². The van der Waals surface area contributed by atoms with Gasteiger partial charge in [0, 0.05) is 11.4 Å². The van der Waals surface area contributed by atoms with Crippen molar-refractivity contribution in [2.75, 3.05) is 0 Å². The normalized spacial score (nSPS) is 11.6. The van der Waals surface area contributed by atoms with Crippen LogP contribution in [0.15, 0.2) is 101 Å². The number of rotatable bonds is 9. The Bertz CT molecular complexity index is 1110. The Hall–Kier alpha value is -3.64. The molecule has 2 aromatic carbocycles. The molecule has 0 aliphatic heterocycles. The molecule has 0 radical (unpaired) electrons. The van der Waals surface area contributed by atoms with E-state index in [1.165, 1.54) is 11.3 Å². The second-order valence-electron chi connectivity index (χ2n) is 7.37. The minimum Gasteiger partial charge on any atom is -0.467 e. The lowest BCUT2D eigenvalue weighted by Crippen LogP contribution is -2.43. The molecule has 32 heavy (non-hydrogen) atoms. The number of carbonyl (C=O) groups is 2. The van der Waals surface area contributed by atoms with Crippen molar-refractivity contribution in [3.05, 3.63) is 118 Å². The van der Waals surface area contributed by atoms with Gasteiger partial charge in [-0.1, -0.05) is 66.7 Å². The van der Waals surface area contributed by atoms with Crippen LogP contribution in [-0.4, -0.2) is 16.7 Å². The second-order valence-corrected chi connectivity index (χ2v) is 8.41. The van der Waals surface area contributed by atoms with E-state index in [0.29, 0.717) is 12.3 Å². The predicted octanol–water partition coefficient (Wildman–Crippen LogP) is 4.97. The van der Waals surface area contributed by atoms with E-state index >= 15 is 0 Å². The summed E-state index contributed by atoms with van der Waals surface area (Å²) in [5, 5.41) is 4.96. The molecule has 162 valence electrons. The average Bonchev–Trinajstić information content (AvgIpc) is 3.53. The lowest BCUT2D eigenvalue weighted by molar-refractivity contribution is -0.141. The molecule has 0 spiro atoms. The molecule has 0 saturated carbocycles. The Labute approximate surface area is 191 Å². The quantitative estimate of drug-likeness (QED) is 0.396. The first-order valence-corrected chi connectivity index (χ1v) is 11.3. The van der Waals surface area contributed by atoms with E-state index in [1.54, 1.807) is 17.2 Å². The number of thiophene rings is 1. The molecular weight excluding hydrogens is 420 g/mol. The fourth-order valence-corrected chi connectivity index (χ4v) is 4.24. The summed E-state index contributed by atoms with van der Waals surface area (Å²) in [5.41, 5.74) is 1.75. The monoisotopic (exact) mass is 444 g/mol. The molecule has 6 heteroatoms. The molecule has 2 aromatic heterocycles. The van der Waals surface area contributed by atoms with Gasteiger partial charge in [-0.05, 0) is 34.7 Å². The van der Waals surface area contributed by atoms with Crippen LogP contribution in [0.3, 0.4) is 0 Å². The fraction of sp³-hybridized carbons (Fsp3) is 0.154. The van der Waals surface area contributed by atoms with E-state index in [1.807, 2.05) is 84.2 Å². The molecule has 1 N–H and O–H groups in total. The van der Waals surface area contributed by atoms with Gasteiger partial charge in [0.25, 0.3) is 0 Å². The van der Waals surface area contributed by atoms with Crippen molar-refractivity contribution < 1.29 is 14.0 Å². The van der Waals surface area contributed by atoms with Gasteiger partial charge in [0.05, 0.1) is 19.2 Å². The van der Waals surface area contributed by atoms with E-state index in [2.05, 4.69) is 5.32 Å². The van der Waals surface area contributed by atoms with Crippen LogP contribution in [0.5, 0.6) is 0 Å². The molecule has 0 aliphatic carbocycles. The first kappa shape index (κ1) is 21.6. The van der Waals surface area contributed by atoms with Crippen molar-refractivity contribution in [3.63, 3.8) is 0 Å². The maximum atomic E-state index is 13.5. The van der Waals surface area contributed by atoms with E-state index < -0.39 is 6.04 Å². The van der Waals surface area contributed by atoms with Gasteiger partial charge in [0.1, 0.15) is 11.8 Å². The Morgan fingerprint density at radius 2 is 1.66 bits per heavy atom. The van der Waals surface area contributed by atoms with Crippen LogP contribution < -0.4 is 5.32 Å². The van der Waals surface area contributed by atoms with Crippen LogP contribution >= 0.6 is 11.3 Å². The third kappa shape index (κ3) is 5.53. The highest BCUT2D eigenvalue weighted by molar-refractivity contribution is 7.10. The largest absolute Gasteiger partial charge is 0.467 e. The number of hydrogen-bond acceptors (Lipinski definition) is 4. The van der Waals surface area contributed by atoms with Gasteiger partial charge >= 0.3 is 0 Å². The number of benzene rings is 2. The number of furan rings is 1. The van der Waals surface area contributed by atoms with Crippen molar-refractivity contribution in [2.45, 2.75) is 25.6 Å². The van der Waals surface area contributed by atoms with Crippen LogP contribution in [0.25, 0.3) is 0 Å². The lowest BCUT2D eigenvalue weighted by Gasteiger charge is -2.31. The number of nitrogens with one attached hydrogen (secondary N) is 1. The molecule has 0 bridgehead atoms. The van der Waals surface area contributed by atoms with Crippen molar-refractivity contribution in [1.82, 2.24) is 10.2 Å². The molecule has 0 fully saturated rings. The number of amides is 2. The highest BCUT2D eigenvalue weighted by Crippen LogP contribution is 2.26. The molecule has 0 aliphatic rings. The highest BCUT2D eigenvalue weighted by atomic mass is 32.1. The van der Waals surface area contributed by atoms with Gasteiger partial charge in [0.2, 0.25) is 11.8 Å². The van der Waals surface area contributed by atoms with Gasteiger partial charge in [-0.15, -0.1) is 11.3 Å². The minimum absolute atomic E-state index is 0.132. The first-order valence-electron chi connectivity index (χ1n) is 10.4. The molecule has 4 rings (SSSR count). The summed E-state index contributed by atoms with van der Waals surface area (Å²) < 4.78 is 5.52. The molecule has 1 atom stereocenters. The standard InChI is InChI=1S/C26H24N2O3S/c29-24(17-23-14-8-16-32-23)28(19-22-13-7-15-31-22)25(21-11-5-2-6-12-21)26(30)27-18-20-9-3-1-4-10-20/h1-16,25H,17-19H2,(H,27,30). The van der Waals surface area contributed by atoms with Crippen molar-refractivity contribution in [1.29, 1.82) is 0 Å². The van der Waals surface area contributed by atoms with Gasteiger partial charge in [-0.3, -0.25) is 9.59 Å². The summed E-state index contributed by atoms with van der Waals surface area (Å²) in [7, 11) is 0. The fourth-order valence-electron chi connectivity index (χ4n) is 3.55. The third-order valence-electron chi connectivity index (χ3n) is 5.12. The summed E-state index contributed by atoms with van der Waals surface area (Å²) in [5.74, 6) is 0.264. The SMILES string of the molecule is O=C(NCc1ccccc1)C(c1ccccc1)N(Cc1ccco1)C(=O)Cc1cccs1. The van der Waals surface area contributed by atoms with Crippen LogP contribution in [0.2, 0.25) is 0 Å². The van der Waals surface area contributed by atoms with Gasteiger partial charge in [0.15, 0.2) is 0 Å². The highest BCUT2D eigenvalue weighted by Gasteiger charge is 2.32. The van der Waals surface area contributed by atoms with Crippen molar-refractivity contribution in [3.8, 4) is 0 Å². The molecular formula is C26H24N2O3S. The molecule has 5 nitrogen and oxygen atoms in total. The number of carbonyl (C=O) groups excluding carboxylic acids is 2. The van der Waals surface area contributed by atoms with E-state index in [0.717, 1.165) is 16.0 Å². The minimum atomic E-state index is -0.780. The maximum absolute atomic E-state index is 13.5. The Balaban J connectivity index is 1.63. The van der Waals surface area contributed by atoms with E-state index in [4.69, 9.17) is 4.42 Å². The van der Waals surface area contributed by atoms with Gasteiger partial charge in [-0.2, -0.15) is 0 Å². The molecule has 2 amide bonds. The van der Waals surface area contributed by atoms with Crippen molar-refractivity contribution in [2.24, 2.45) is 0 Å². The average molecular weight is 445 g/mol. The summed E-state index contributed by atoms with van der Waals surface area (Å²) in [4.78, 5) is 29.5. The Morgan fingerprint density at radius 3 is 2.31 bits per heavy atom. The summed E-state index contributed by atoms with van der Waals surface area (Å²) in [6.07, 6.45) is 1.80. The van der Waals surface area contributed by atoms with Crippen molar-refractivity contribution >= 4 is 23.2 Å². The smallest absolute Gasteiger partial charge is 0.247 e. The predicted molar refractivity (Wildman–Crippen MR) is 125 cm³/mol. The summed E-state index contributed by atoms with van der Waals surface area (Å²) >= 11 is 1.53. The summed E-state index contributed by atoms with van der Waals surface area (Å²) in [6.45, 7) is 0.590. The second kappa shape index (κ2) is 10.6. The van der Waals surface area contributed by atoms with Gasteiger partial charge < -0.3 is 14.6 Å². The van der Waals surface area contributed by atoms with Crippen LogP contribution in [-0.2, 0) is 29.1 Å². The number of hydrogen-bond donors (Lipinski definition) is 1. The molecule has 0 saturated heterocycles. The zero-order chi connectivity index (χ0) is 22.2. The molecule has 1 unspecified atom stereocenters. The first-order chi connectivity index (χ1) is 15.7. The topological polar surface area (TPSA) is 62.6 Å². The summed E-state index contributed by atoms with van der Waals surface area (Å²) in [6, 6.07) is 25.8. The lowest BCUT2D eigenvalue weighted by atomic mass is 10.0. The Kier molecular flexibility index (Phi) is 7.15. The van der Waals surface area contributed by atoms with Crippen LogP contribution in [0, 0.1) is 0 Å². The van der Waals surface area contributed by atoms with E-state index in [9.17, 15) is 9.59 Å². The maximum Gasteiger partial charge on any atom is 0.247 e. The van der Waals surface area contributed by atoms with E-state index in [-0.39, 0.29) is 24.8 Å². The molecule has 2 heterocycles. The number of nitrogens with zero attached hydrogens (tertiary/aromatic N) is 1. The third-order valence-corrected chi connectivity index (χ3v) is 5.99. The van der Waals surface area contributed by atoms with Crippen LogP contribution in [0.4, 0.5) is 0 Å².